The third kappa shape index (κ3) is 4.40. The minimum Gasteiger partial charge on any atom is -0.369 e. The van der Waals surface area contributed by atoms with Gasteiger partial charge < -0.3 is 5.32 Å². The second-order valence-electron chi connectivity index (χ2n) is 6.87. The molecule has 0 spiro atoms. The maximum absolute atomic E-state index is 13.3. The summed E-state index contributed by atoms with van der Waals surface area (Å²) >= 11 is 0. The van der Waals surface area contributed by atoms with Gasteiger partial charge in [0, 0.05) is 23.7 Å². The monoisotopic (exact) mass is 408 g/mol. The van der Waals surface area contributed by atoms with Crippen molar-refractivity contribution < 1.29 is 13.2 Å². The zero-order valence-electron chi connectivity index (χ0n) is 16.0. The molecule has 0 aliphatic carbocycles. The Labute approximate surface area is 171 Å². The van der Waals surface area contributed by atoms with Crippen LogP contribution < -0.4 is 5.32 Å². The van der Waals surface area contributed by atoms with Crippen molar-refractivity contribution in [1.29, 1.82) is 0 Å². The summed E-state index contributed by atoms with van der Waals surface area (Å²) < 4.78 is 40.0. The lowest BCUT2D eigenvalue weighted by atomic mass is 10.0. The molecule has 0 fully saturated rings. The van der Waals surface area contributed by atoms with Crippen molar-refractivity contribution in [3.63, 3.8) is 0 Å². The number of hydrogen-bond donors (Lipinski definition) is 1. The number of aromatic nitrogens is 3. The Hall–Kier alpha value is -3.48. The Balaban J connectivity index is 1.54. The molecular formula is C23H19F3N4. The molecule has 0 saturated carbocycles. The van der Waals surface area contributed by atoms with Crippen molar-refractivity contribution in [2.45, 2.75) is 19.0 Å². The Morgan fingerprint density at radius 1 is 0.867 bits per heavy atom. The molecule has 152 valence electrons. The lowest BCUT2D eigenvalue weighted by Gasteiger charge is -2.13. The highest BCUT2D eigenvalue weighted by Crippen LogP contribution is 2.36. The van der Waals surface area contributed by atoms with Gasteiger partial charge >= 0.3 is 6.18 Å². The van der Waals surface area contributed by atoms with E-state index in [1.54, 1.807) is 18.2 Å². The van der Waals surface area contributed by atoms with Gasteiger partial charge in [0.2, 0.25) is 0 Å². The summed E-state index contributed by atoms with van der Waals surface area (Å²) in [7, 11) is 0. The maximum atomic E-state index is 13.3. The fourth-order valence-corrected chi connectivity index (χ4v) is 3.35. The largest absolute Gasteiger partial charge is 0.418 e. The van der Waals surface area contributed by atoms with E-state index < -0.39 is 11.7 Å². The van der Waals surface area contributed by atoms with Crippen molar-refractivity contribution in [2.24, 2.45) is 0 Å². The highest BCUT2D eigenvalue weighted by molar-refractivity contribution is 5.91. The van der Waals surface area contributed by atoms with Gasteiger partial charge in [0.15, 0.2) is 0 Å². The highest BCUT2D eigenvalue weighted by atomic mass is 19.4. The molecule has 7 heteroatoms. The van der Waals surface area contributed by atoms with E-state index in [0.29, 0.717) is 16.9 Å². The van der Waals surface area contributed by atoms with E-state index in [9.17, 15) is 13.2 Å². The average molecular weight is 408 g/mol. The minimum atomic E-state index is -4.48. The van der Waals surface area contributed by atoms with E-state index in [2.05, 4.69) is 32.4 Å². The molecule has 0 aliphatic rings. The van der Waals surface area contributed by atoms with Crippen LogP contribution in [0.25, 0.3) is 22.2 Å². The number of rotatable bonds is 6. The van der Waals surface area contributed by atoms with Gasteiger partial charge in [0.1, 0.15) is 12.1 Å². The molecule has 0 unspecified atom stereocenters. The number of halogens is 3. The molecule has 2 aromatic heterocycles. The molecule has 0 atom stereocenters. The van der Waals surface area contributed by atoms with Crippen LogP contribution in [0.2, 0.25) is 0 Å². The summed E-state index contributed by atoms with van der Waals surface area (Å²) in [6.07, 6.45) is 0.163. The number of alkyl halides is 3. The first kappa shape index (κ1) is 19.8. The summed E-state index contributed by atoms with van der Waals surface area (Å²) in [6.45, 7) is 0.723. The molecule has 4 aromatic rings. The molecule has 0 amide bonds. The Morgan fingerprint density at radius 2 is 1.70 bits per heavy atom. The third-order valence-electron chi connectivity index (χ3n) is 4.80. The summed E-state index contributed by atoms with van der Waals surface area (Å²) in [5.74, 6) is 0.664. The number of aryl methyl sites for hydroxylation is 1. The van der Waals surface area contributed by atoms with Crippen LogP contribution in [0.15, 0.2) is 73.2 Å². The van der Waals surface area contributed by atoms with Crippen molar-refractivity contribution in [3.05, 3.63) is 84.3 Å². The topological polar surface area (TPSA) is 50.7 Å². The van der Waals surface area contributed by atoms with Crippen LogP contribution in [0.1, 0.15) is 17.5 Å². The van der Waals surface area contributed by atoms with Crippen LogP contribution in [-0.2, 0) is 12.6 Å². The first-order chi connectivity index (χ1) is 14.5. The molecule has 2 aromatic carbocycles. The molecular weight excluding hydrogens is 389 g/mol. The fourth-order valence-electron chi connectivity index (χ4n) is 3.35. The Kier molecular flexibility index (Phi) is 5.61. The second-order valence-corrected chi connectivity index (χ2v) is 6.87. The van der Waals surface area contributed by atoms with Crippen molar-refractivity contribution in [3.8, 4) is 11.3 Å². The fraction of sp³-hybridized carbons (Fsp3) is 0.174. The van der Waals surface area contributed by atoms with Crippen LogP contribution >= 0.6 is 0 Å². The second kappa shape index (κ2) is 8.49. The first-order valence-corrected chi connectivity index (χ1v) is 9.57. The summed E-state index contributed by atoms with van der Waals surface area (Å²) in [5.41, 5.74) is 1.32. The van der Waals surface area contributed by atoms with Gasteiger partial charge in [-0.25, -0.2) is 9.97 Å². The minimum absolute atomic E-state index is 0.108. The van der Waals surface area contributed by atoms with Crippen LogP contribution in [0.5, 0.6) is 0 Å². The van der Waals surface area contributed by atoms with Crippen molar-refractivity contribution in [1.82, 2.24) is 15.0 Å². The number of anilines is 1. The predicted molar refractivity (Wildman–Crippen MR) is 111 cm³/mol. The van der Waals surface area contributed by atoms with Gasteiger partial charge in [0.25, 0.3) is 0 Å². The predicted octanol–water partition coefficient (Wildman–Crippen LogP) is 5.76. The average Bonchev–Trinajstić information content (AvgIpc) is 2.76. The van der Waals surface area contributed by atoms with Gasteiger partial charge in [0.05, 0.1) is 16.8 Å². The summed E-state index contributed by atoms with van der Waals surface area (Å²) in [6, 6.07) is 17.5. The lowest BCUT2D eigenvalue weighted by molar-refractivity contribution is -0.137. The highest BCUT2D eigenvalue weighted by Gasteiger charge is 2.34. The van der Waals surface area contributed by atoms with Crippen molar-refractivity contribution in [2.75, 3.05) is 11.9 Å². The van der Waals surface area contributed by atoms with E-state index in [0.717, 1.165) is 30.8 Å². The quantitative estimate of drug-likeness (QED) is 0.413. The van der Waals surface area contributed by atoms with Gasteiger partial charge in [-0.05, 0) is 42.7 Å². The van der Waals surface area contributed by atoms with Gasteiger partial charge in [-0.3, -0.25) is 4.98 Å². The molecule has 1 N–H and O–H groups in total. The number of nitrogens with one attached hydrogen (secondary N) is 1. The van der Waals surface area contributed by atoms with Gasteiger partial charge in [-0.2, -0.15) is 13.2 Å². The van der Waals surface area contributed by atoms with Crippen molar-refractivity contribution >= 4 is 16.7 Å². The molecule has 0 bridgehead atoms. The molecule has 0 saturated heterocycles. The van der Waals surface area contributed by atoms with Crippen LogP contribution in [0, 0.1) is 0 Å². The Morgan fingerprint density at radius 3 is 2.50 bits per heavy atom. The lowest BCUT2D eigenvalue weighted by Crippen LogP contribution is -2.08. The summed E-state index contributed by atoms with van der Waals surface area (Å²) in [4.78, 5) is 12.5. The van der Waals surface area contributed by atoms with Gasteiger partial charge in [-0.15, -0.1) is 0 Å². The van der Waals surface area contributed by atoms with Gasteiger partial charge in [-0.1, -0.05) is 36.4 Å². The standard InChI is InChI=1S/C23H19F3N4/c24-23(25,26)19-9-5-12-27-21(19)17-10-11-18-20(14-17)29-15-30-22(18)28-13-4-8-16-6-2-1-3-7-16/h1-3,5-7,9-12,14-15H,4,8,13H2,(H,28,29,30). The normalized spacial score (nSPS) is 11.6. The number of nitrogens with zero attached hydrogens (tertiary/aromatic N) is 3. The number of hydrogen-bond acceptors (Lipinski definition) is 4. The third-order valence-corrected chi connectivity index (χ3v) is 4.80. The zero-order valence-corrected chi connectivity index (χ0v) is 16.0. The smallest absolute Gasteiger partial charge is 0.369 e. The maximum Gasteiger partial charge on any atom is 0.418 e. The SMILES string of the molecule is FC(F)(F)c1cccnc1-c1ccc2c(NCCCc3ccccc3)ncnc2c1. The van der Waals surface area contributed by atoms with E-state index in [1.807, 2.05) is 18.2 Å². The van der Waals surface area contributed by atoms with Crippen LogP contribution in [0.4, 0.5) is 19.0 Å². The van der Waals surface area contributed by atoms with E-state index in [-0.39, 0.29) is 5.69 Å². The Bertz CT molecular complexity index is 1140. The molecule has 2 heterocycles. The number of benzene rings is 2. The zero-order chi connectivity index (χ0) is 21.0. The summed E-state index contributed by atoms with van der Waals surface area (Å²) in [5, 5.41) is 4.06. The van der Waals surface area contributed by atoms with Crippen LogP contribution in [0.3, 0.4) is 0 Å². The molecule has 4 nitrogen and oxygen atoms in total. The van der Waals surface area contributed by atoms with E-state index in [4.69, 9.17) is 0 Å². The first-order valence-electron chi connectivity index (χ1n) is 9.57. The number of fused-ring (bicyclic) bond motifs is 1. The molecule has 4 rings (SSSR count). The molecule has 0 aliphatic heterocycles. The van der Waals surface area contributed by atoms with E-state index in [1.165, 1.54) is 24.2 Å². The molecule has 0 radical (unpaired) electrons. The van der Waals surface area contributed by atoms with E-state index >= 15 is 0 Å². The molecule has 30 heavy (non-hydrogen) atoms. The number of pyridine rings is 1. The van der Waals surface area contributed by atoms with Crippen LogP contribution in [-0.4, -0.2) is 21.5 Å².